The van der Waals surface area contributed by atoms with E-state index in [0.717, 1.165) is 44.1 Å². The first-order chi connectivity index (χ1) is 12.0. The molecule has 0 saturated carbocycles. The van der Waals surface area contributed by atoms with Crippen molar-refractivity contribution in [3.63, 3.8) is 0 Å². The van der Waals surface area contributed by atoms with Crippen LogP contribution in [-0.2, 0) is 20.0 Å². The van der Waals surface area contributed by atoms with Gasteiger partial charge >= 0.3 is 0 Å². The summed E-state index contributed by atoms with van der Waals surface area (Å²) in [7, 11) is 2.00. The molecule has 25 heavy (non-hydrogen) atoms. The van der Waals surface area contributed by atoms with Crippen LogP contribution in [0.4, 0.5) is 0 Å². The summed E-state index contributed by atoms with van der Waals surface area (Å²) in [6.07, 6.45) is 5.68. The highest BCUT2D eigenvalue weighted by Gasteiger charge is 2.13. The van der Waals surface area contributed by atoms with E-state index in [-0.39, 0.29) is 6.04 Å². The number of guanidine groups is 1. The number of hydrogen-bond donors (Lipinski definition) is 2. The lowest BCUT2D eigenvalue weighted by Crippen LogP contribution is -2.43. The standard InChI is InChI=1S/C18H31N7/c1-6-19-18(20-9-7-11-25-12-8-10-21-25)22-14(2)13-17-15(3)23-24(5)16(17)4/h8,10,12,14H,6-7,9,11,13H2,1-5H3,(H2,19,20,22). The Balaban J connectivity index is 1.87. The Morgan fingerprint density at radius 2 is 2.16 bits per heavy atom. The molecule has 0 fully saturated rings. The number of aliphatic imine (C=N–C) groups is 1. The minimum atomic E-state index is 0.283. The van der Waals surface area contributed by atoms with Gasteiger partial charge in [0, 0.05) is 50.8 Å². The zero-order valence-electron chi connectivity index (χ0n) is 16.1. The molecule has 0 radical (unpaired) electrons. The molecule has 1 atom stereocenters. The summed E-state index contributed by atoms with van der Waals surface area (Å²) < 4.78 is 3.89. The van der Waals surface area contributed by atoms with Crippen LogP contribution in [0, 0.1) is 13.8 Å². The summed E-state index contributed by atoms with van der Waals surface area (Å²) >= 11 is 0. The summed E-state index contributed by atoms with van der Waals surface area (Å²) in [5.41, 5.74) is 3.65. The van der Waals surface area contributed by atoms with Crippen LogP contribution in [-0.4, -0.2) is 44.7 Å². The van der Waals surface area contributed by atoms with Crippen molar-refractivity contribution in [2.75, 3.05) is 13.1 Å². The lowest BCUT2D eigenvalue weighted by molar-refractivity contribution is 0.581. The average molecular weight is 345 g/mol. The van der Waals surface area contributed by atoms with Gasteiger partial charge in [-0.25, -0.2) is 0 Å². The Morgan fingerprint density at radius 1 is 1.36 bits per heavy atom. The molecule has 138 valence electrons. The summed E-state index contributed by atoms with van der Waals surface area (Å²) in [6.45, 7) is 11.0. The molecule has 2 N–H and O–H groups in total. The smallest absolute Gasteiger partial charge is 0.191 e. The second kappa shape index (κ2) is 9.25. The lowest BCUT2D eigenvalue weighted by Gasteiger charge is -2.18. The Labute approximate surface area is 150 Å². The van der Waals surface area contributed by atoms with Crippen molar-refractivity contribution in [2.45, 2.75) is 53.1 Å². The normalized spacial score (nSPS) is 13.1. The molecule has 0 bridgehead atoms. The molecule has 7 nitrogen and oxygen atoms in total. The van der Waals surface area contributed by atoms with Crippen molar-refractivity contribution in [1.82, 2.24) is 30.2 Å². The predicted molar refractivity (Wildman–Crippen MR) is 102 cm³/mol. The quantitative estimate of drug-likeness (QED) is 0.435. The van der Waals surface area contributed by atoms with Crippen LogP contribution < -0.4 is 10.6 Å². The van der Waals surface area contributed by atoms with E-state index >= 15 is 0 Å². The Morgan fingerprint density at radius 3 is 2.76 bits per heavy atom. The molecular formula is C18H31N7. The van der Waals surface area contributed by atoms with Crippen molar-refractivity contribution in [3.8, 4) is 0 Å². The Bertz CT molecular complexity index is 670. The molecule has 2 heterocycles. The fraction of sp³-hybridized carbons (Fsp3) is 0.611. The molecule has 0 spiro atoms. The fourth-order valence-electron chi connectivity index (χ4n) is 2.88. The van der Waals surface area contributed by atoms with Crippen LogP contribution in [0.25, 0.3) is 0 Å². The number of aromatic nitrogens is 4. The average Bonchev–Trinajstić information content (AvgIpc) is 3.16. The van der Waals surface area contributed by atoms with E-state index in [1.54, 1.807) is 6.20 Å². The summed E-state index contributed by atoms with van der Waals surface area (Å²) in [5.74, 6) is 0.870. The number of aryl methyl sites for hydroxylation is 3. The summed E-state index contributed by atoms with van der Waals surface area (Å²) in [5, 5.41) is 15.5. The van der Waals surface area contributed by atoms with E-state index in [4.69, 9.17) is 0 Å². The van der Waals surface area contributed by atoms with E-state index in [0.29, 0.717) is 0 Å². The van der Waals surface area contributed by atoms with Gasteiger partial charge in [0.15, 0.2) is 5.96 Å². The Kier molecular flexibility index (Phi) is 7.03. The number of nitrogens with zero attached hydrogens (tertiary/aromatic N) is 5. The molecule has 7 heteroatoms. The van der Waals surface area contributed by atoms with Gasteiger partial charge in [0.2, 0.25) is 0 Å². The van der Waals surface area contributed by atoms with Gasteiger partial charge in [-0.3, -0.25) is 14.4 Å². The number of rotatable bonds is 8. The first-order valence-electron chi connectivity index (χ1n) is 9.02. The van der Waals surface area contributed by atoms with E-state index < -0.39 is 0 Å². The van der Waals surface area contributed by atoms with Gasteiger partial charge in [-0.1, -0.05) is 0 Å². The van der Waals surface area contributed by atoms with Crippen molar-refractivity contribution >= 4 is 5.96 Å². The maximum Gasteiger partial charge on any atom is 0.191 e. The van der Waals surface area contributed by atoms with E-state index in [9.17, 15) is 0 Å². The van der Waals surface area contributed by atoms with Gasteiger partial charge in [-0.05, 0) is 52.2 Å². The van der Waals surface area contributed by atoms with E-state index in [2.05, 4.69) is 53.5 Å². The van der Waals surface area contributed by atoms with Gasteiger partial charge in [-0.15, -0.1) is 0 Å². The van der Waals surface area contributed by atoms with Crippen LogP contribution in [0.2, 0.25) is 0 Å². The Hall–Kier alpha value is -2.31. The highest BCUT2D eigenvalue weighted by molar-refractivity contribution is 5.80. The number of nitrogens with one attached hydrogen (secondary N) is 2. The monoisotopic (exact) mass is 345 g/mol. The zero-order chi connectivity index (χ0) is 18.2. The fourth-order valence-corrected chi connectivity index (χ4v) is 2.88. The van der Waals surface area contributed by atoms with Crippen LogP contribution in [0.15, 0.2) is 23.5 Å². The van der Waals surface area contributed by atoms with Gasteiger partial charge in [0.25, 0.3) is 0 Å². The number of hydrogen-bond acceptors (Lipinski definition) is 3. The molecule has 0 aliphatic carbocycles. The van der Waals surface area contributed by atoms with Crippen molar-refractivity contribution in [2.24, 2.45) is 12.0 Å². The first kappa shape index (κ1) is 19.0. The third-order valence-electron chi connectivity index (χ3n) is 4.27. The second-order valence-corrected chi connectivity index (χ2v) is 6.41. The molecule has 0 amide bonds. The molecule has 2 aromatic rings. The third kappa shape index (κ3) is 5.62. The first-order valence-corrected chi connectivity index (χ1v) is 9.02. The lowest BCUT2D eigenvalue weighted by atomic mass is 10.1. The summed E-state index contributed by atoms with van der Waals surface area (Å²) in [4.78, 5) is 4.68. The van der Waals surface area contributed by atoms with Gasteiger partial charge in [-0.2, -0.15) is 10.2 Å². The maximum absolute atomic E-state index is 4.68. The zero-order valence-corrected chi connectivity index (χ0v) is 16.1. The molecule has 2 rings (SSSR count). The maximum atomic E-state index is 4.68. The van der Waals surface area contributed by atoms with E-state index in [1.807, 2.05) is 28.7 Å². The van der Waals surface area contributed by atoms with Crippen molar-refractivity contribution < 1.29 is 0 Å². The molecule has 2 aromatic heterocycles. The topological polar surface area (TPSA) is 72.1 Å². The van der Waals surface area contributed by atoms with Gasteiger partial charge in [0.1, 0.15) is 0 Å². The van der Waals surface area contributed by atoms with Crippen molar-refractivity contribution in [3.05, 3.63) is 35.4 Å². The minimum Gasteiger partial charge on any atom is -0.357 e. The minimum absolute atomic E-state index is 0.283. The highest BCUT2D eigenvalue weighted by Crippen LogP contribution is 2.14. The van der Waals surface area contributed by atoms with Crippen molar-refractivity contribution in [1.29, 1.82) is 0 Å². The molecular weight excluding hydrogens is 314 g/mol. The molecule has 0 aliphatic heterocycles. The predicted octanol–water partition coefficient (Wildman–Crippen LogP) is 1.81. The molecule has 0 aromatic carbocycles. The third-order valence-corrected chi connectivity index (χ3v) is 4.27. The molecule has 1 unspecified atom stereocenters. The molecule has 0 saturated heterocycles. The van der Waals surface area contributed by atoms with Gasteiger partial charge in [0.05, 0.1) is 5.69 Å². The molecule has 0 aliphatic rings. The van der Waals surface area contributed by atoms with Gasteiger partial charge < -0.3 is 10.6 Å². The highest BCUT2D eigenvalue weighted by atomic mass is 15.3. The van der Waals surface area contributed by atoms with E-state index in [1.165, 1.54) is 11.3 Å². The van der Waals surface area contributed by atoms with Crippen LogP contribution in [0.5, 0.6) is 0 Å². The summed E-state index contributed by atoms with van der Waals surface area (Å²) in [6, 6.07) is 2.23. The largest absolute Gasteiger partial charge is 0.357 e. The van der Waals surface area contributed by atoms with Crippen LogP contribution >= 0.6 is 0 Å². The van der Waals surface area contributed by atoms with Crippen LogP contribution in [0.1, 0.15) is 37.2 Å². The van der Waals surface area contributed by atoms with Crippen LogP contribution in [0.3, 0.4) is 0 Å². The second-order valence-electron chi connectivity index (χ2n) is 6.41. The SMILES string of the molecule is CCNC(=NCCCn1cccn1)NC(C)Cc1c(C)nn(C)c1C.